The van der Waals surface area contributed by atoms with Gasteiger partial charge in [0.1, 0.15) is 17.1 Å². The van der Waals surface area contributed by atoms with Crippen LogP contribution in [-0.4, -0.2) is 16.1 Å². The zero-order valence-corrected chi connectivity index (χ0v) is 14.5. The fourth-order valence-electron chi connectivity index (χ4n) is 2.29. The number of halogens is 4. The van der Waals surface area contributed by atoms with E-state index < -0.39 is 23.7 Å². The summed E-state index contributed by atoms with van der Waals surface area (Å²) in [6.45, 7) is 1.95. The molecule has 10 heteroatoms. The number of anilines is 2. The van der Waals surface area contributed by atoms with E-state index in [1.807, 2.05) is 6.92 Å². The quantitative estimate of drug-likeness (QED) is 0.700. The van der Waals surface area contributed by atoms with Crippen molar-refractivity contribution < 1.29 is 22.7 Å². The summed E-state index contributed by atoms with van der Waals surface area (Å²) in [5.41, 5.74) is 4.81. The summed E-state index contributed by atoms with van der Waals surface area (Å²) in [6, 6.07) is 4.58. The van der Waals surface area contributed by atoms with Gasteiger partial charge in [-0.3, -0.25) is 0 Å². The van der Waals surface area contributed by atoms with Crippen LogP contribution < -0.4 is 15.8 Å². The van der Waals surface area contributed by atoms with Gasteiger partial charge >= 0.3 is 12.3 Å². The summed E-state index contributed by atoms with van der Waals surface area (Å²) in [5.74, 6) is -0.323. The van der Waals surface area contributed by atoms with Gasteiger partial charge in [-0.25, -0.2) is 9.78 Å². The van der Waals surface area contributed by atoms with E-state index in [0.717, 1.165) is 12.8 Å². The average Bonchev–Trinajstić information content (AvgIpc) is 2.52. The number of nitrogens with two attached hydrogens (primary N) is 1. The van der Waals surface area contributed by atoms with Gasteiger partial charge in [-0.1, -0.05) is 19.4 Å². The molecule has 2 rings (SSSR count). The molecule has 6 nitrogen and oxygen atoms in total. The maximum atomic E-state index is 13.2. The number of ether oxygens (including phenoxy) is 1. The van der Waals surface area contributed by atoms with Gasteiger partial charge < -0.3 is 15.8 Å². The van der Waals surface area contributed by atoms with E-state index in [9.17, 15) is 18.0 Å². The molecule has 26 heavy (non-hydrogen) atoms. The highest BCUT2D eigenvalue weighted by molar-refractivity contribution is 6.28. The molecular formula is C16H16ClF3N4O2. The highest BCUT2D eigenvalue weighted by Gasteiger charge is 2.35. The monoisotopic (exact) mass is 388 g/mol. The molecule has 0 radical (unpaired) electrons. The van der Waals surface area contributed by atoms with Crippen LogP contribution >= 0.6 is 11.6 Å². The van der Waals surface area contributed by atoms with E-state index in [1.165, 1.54) is 12.1 Å². The highest BCUT2D eigenvalue weighted by Crippen LogP contribution is 2.37. The summed E-state index contributed by atoms with van der Waals surface area (Å²) in [5, 5.41) is 2.29. The number of primary amides is 1. The molecule has 1 aromatic carbocycles. The number of carbonyl (C=O) groups excluding carboxylic acids is 1. The predicted molar refractivity (Wildman–Crippen MR) is 90.6 cm³/mol. The Kier molecular flexibility index (Phi) is 6.25. The van der Waals surface area contributed by atoms with Crippen LogP contribution in [-0.2, 0) is 12.6 Å². The molecule has 3 N–H and O–H groups in total. The van der Waals surface area contributed by atoms with Crippen LogP contribution in [0.15, 0.2) is 24.4 Å². The first kappa shape index (κ1) is 19.8. The molecule has 0 unspecified atom stereocenters. The highest BCUT2D eigenvalue weighted by atomic mass is 35.5. The second-order valence-electron chi connectivity index (χ2n) is 5.33. The minimum absolute atomic E-state index is 0.171. The predicted octanol–water partition coefficient (Wildman–Crippen LogP) is 4.69. The summed E-state index contributed by atoms with van der Waals surface area (Å²) >= 11 is 5.64. The fraction of sp³-hybridized carbons (Fsp3) is 0.312. The summed E-state index contributed by atoms with van der Waals surface area (Å²) in [6.07, 6.45) is -3.06. The number of aromatic nitrogens is 2. The number of hydrogen-bond donors (Lipinski definition) is 2. The largest absolute Gasteiger partial charge is 0.421 e. The number of carbonyl (C=O) groups is 1. The fourth-order valence-corrected chi connectivity index (χ4v) is 2.42. The molecule has 1 heterocycles. The van der Waals surface area contributed by atoms with Crippen molar-refractivity contribution in [3.8, 4) is 5.75 Å². The average molecular weight is 389 g/mol. The summed E-state index contributed by atoms with van der Waals surface area (Å²) < 4.78 is 44.5. The molecule has 0 aliphatic rings. The standard InChI is InChI=1S/C16H16ClF3N4O2/c1-2-3-5-9-11(6-4-7-12(9)26-15(21)25)23-13-10(16(18,19)20)8-22-14(17)24-13/h4,6-8H,2-3,5H2,1H3,(H2,21,25)(H,22,23,24). The van der Waals surface area contributed by atoms with Gasteiger partial charge in [0.15, 0.2) is 0 Å². The Morgan fingerprint density at radius 2 is 2.12 bits per heavy atom. The van der Waals surface area contributed by atoms with Crippen molar-refractivity contribution in [3.63, 3.8) is 0 Å². The topological polar surface area (TPSA) is 90.1 Å². The van der Waals surface area contributed by atoms with Gasteiger partial charge in [0.2, 0.25) is 5.28 Å². The number of rotatable bonds is 6. The SMILES string of the molecule is CCCCc1c(Nc2nc(Cl)ncc2C(F)(F)F)cccc1OC(N)=O. The zero-order valence-electron chi connectivity index (χ0n) is 13.7. The molecular weight excluding hydrogens is 373 g/mol. The van der Waals surface area contributed by atoms with Crippen LogP contribution in [0.1, 0.15) is 30.9 Å². The zero-order chi connectivity index (χ0) is 19.3. The Balaban J connectivity index is 2.49. The normalized spacial score (nSPS) is 11.3. The lowest BCUT2D eigenvalue weighted by atomic mass is 10.0. The molecule has 0 atom stereocenters. The van der Waals surface area contributed by atoms with E-state index in [-0.39, 0.29) is 11.0 Å². The van der Waals surface area contributed by atoms with Crippen molar-refractivity contribution in [2.45, 2.75) is 32.4 Å². The summed E-state index contributed by atoms with van der Waals surface area (Å²) in [4.78, 5) is 18.1. The molecule has 0 aliphatic carbocycles. The van der Waals surface area contributed by atoms with Crippen molar-refractivity contribution in [3.05, 3.63) is 40.8 Å². The Labute approximate surface area is 152 Å². The van der Waals surface area contributed by atoms with Gasteiger partial charge in [-0.05, 0) is 36.6 Å². The third-order valence-corrected chi connectivity index (χ3v) is 3.62. The number of nitrogens with one attached hydrogen (secondary N) is 1. The third kappa shape index (κ3) is 4.98. The lowest BCUT2D eigenvalue weighted by Gasteiger charge is -2.17. The Morgan fingerprint density at radius 1 is 1.38 bits per heavy atom. The van der Waals surface area contributed by atoms with Crippen LogP contribution in [0.4, 0.5) is 29.5 Å². The van der Waals surface area contributed by atoms with Crippen LogP contribution in [0, 0.1) is 0 Å². The van der Waals surface area contributed by atoms with E-state index in [2.05, 4.69) is 15.3 Å². The van der Waals surface area contributed by atoms with Gasteiger partial charge in [0.25, 0.3) is 0 Å². The van der Waals surface area contributed by atoms with Crippen molar-refractivity contribution >= 4 is 29.2 Å². The number of amides is 1. The first-order chi connectivity index (χ1) is 12.2. The van der Waals surface area contributed by atoms with E-state index in [0.29, 0.717) is 23.9 Å². The van der Waals surface area contributed by atoms with Gasteiger partial charge in [-0.15, -0.1) is 0 Å². The lowest BCUT2D eigenvalue weighted by molar-refractivity contribution is -0.137. The van der Waals surface area contributed by atoms with Crippen LogP contribution in [0.2, 0.25) is 5.28 Å². The maximum absolute atomic E-state index is 13.2. The van der Waals surface area contributed by atoms with Crippen molar-refractivity contribution in [1.82, 2.24) is 9.97 Å². The van der Waals surface area contributed by atoms with Crippen molar-refractivity contribution in [2.75, 3.05) is 5.32 Å². The number of benzene rings is 1. The van der Waals surface area contributed by atoms with Crippen LogP contribution in [0.25, 0.3) is 0 Å². The number of unbranched alkanes of at least 4 members (excludes halogenated alkanes) is 1. The number of alkyl halides is 3. The smallest absolute Gasteiger partial charge is 0.410 e. The Hall–Kier alpha value is -2.55. The minimum Gasteiger partial charge on any atom is -0.410 e. The second kappa shape index (κ2) is 8.22. The van der Waals surface area contributed by atoms with Gasteiger partial charge in [-0.2, -0.15) is 18.2 Å². The maximum Gasteiger partial charge on any atom is 0.421 e. The molecule has 0 fully saturated rings. The number of nitrogens with zero attached hydrogens (tertiary/aromatic N) is 2. The van der Waals surface area contributed by atoms with Crippen LogP contribution in [0.5, 0.6) is 5.75 Å². The van der Waals surface area contributed by atoms with Crippen LogP contribution in [0.3, 0.4) is 0 Å². The second-order valence-corrected chi connectivity index (χ2v) is 5.67. The molecule has 0 aliphatic heterocycles. The molecule has 140 valence electrons. The minimum atomic E-state index is -4.67. The molecule has 0 saturated heterocycles. The summed E-state index contributed by atoms with van der Waals surface area (Å²) in [7, 11) is 0. The number of hydrogen-bond acceptors (Lipinski definition) is 5. The van der Waals surface area contributed by atoms with E-state index in [1.54, 1.807) is 6.07 Å². The molecule has 0 bridgehead atoms. The molecule has 0 saturated carbocycles. The Morgan fingerprint density at radius 3 is 2.73 bits per heavy atom. The third-order valence-electron chi connectivity index (χ3n) is 3.44. The first-order valence-electron chi connectivity index (χ1n) is 7.68. The molecule has 1 amide bonds. The van der Waals surface area contributed by atoms with Crippen molar-refractivity contribution in [1.29, 1.82) is 0 Å². The Bertz CT molecular complexity index is 800. The van der Waals surface area contributed by atoms with E-state index >= 15 is 0 Å². The lowest BCUT2D eigenvalue weighted by Crippen LogP contribution is -2.17. The van der Waals surface area contributed by atoms with E-state index in [4.69, 9.17) is 22.1 Å². The van der Waals surface area contributed by atoms with Gasteiger partial charge in [0.05, 0.1) is 0 Å². The first-order valence-corrected chi connectivity index (χ1v) is 8.06. The molecule has 2 aromatic rings. The molecule has 0 spiro atoms. The molecule has 1 aromatic heterocycles. The van der Waals surface area contributed by atoms with Crippen molar-refractivity contribution in [2.24, 2.45) is 5.73 Å². The van der Waals surface area contributed by atoms with Gasteiger partial charge in [0, 0.05) is 17.4 Å².